The van der Waals surface area contributed by atoms with Crippen molar-refractivity contribution < 1.29 is 17.6 Å². The number of carbonyl (C=O) groups excluding carboxylic acids is 1. The monoisotopic (exact) mass is 281 g/mol. The number of Topliss-reactive ketones (excluding diaryl/α,β-unsaturated/α-hetero) is 1. The number of carbonyl (C=O) groups is 1. The van der Waals surface area contributed by atoms with Crippen molar-refractivity contribution in [3.05, 3.63) is 54.1 Å². The SMILES string of the molecule is Cn1ccc(C(=O)CS(=O)(=O)c2cccc(F)c2)c1. The molecular formula is C13H12FNO3S. The maximum Gasteiger partial charge on any atom is 0.185 e. The van der Waals surface area contributed by atoms with Gasteiger partial charge in [0.2, 0.25) is 0 Å². The topological polar surface area (TPSA) is 56.1 Å². The average Bonchev–Trinajstić information content (AvgIpc) is 2.75. The van der Waals surface area contributed by atoms with Crippen LogP contribution in [0.25, 0.3) is 0 Å². The molecule has 100 valence electrons. The molecule has 1 aromatic heterocycles. The van der Waals surface area contributed by atoms with Gasteiger partial charge in [-0.1, -0.05) is 6.07 Å². The van der Waals surface area contributed by atoms with Crippen LogP contribution in [0.15, 0.2) is 47.6 Å². The molecule has 1 heterocycles. The summed E-state index contributed by atoms with van der Waals surface area (Å²) in [6.45, 7) is 0. The molecule has 4 nitrogen and oxygen atoms in total. The Morgan fingerprint density at radius 3 is 2.63 bits per heavy atom. The molecule has 0 fully saturated rings. The molecule has 0 aliphatic carbocycles. The number of aryl methyl sites for hydroxylation is 1. The normalized spacial score (nSPS) is 11.5. The van der Waals surface area contributed by atoms with E-state index in [1.807, 2.05) is 0 Å². The zero-order valence-electron chi connectivity index (χ0n) is 10.2. The van der Waals surface area contributed by atoms with Gasteiger partial charge in [-0.25, -0.2) is 12.8 Å². The summed E-state index contributed by atoms with van der Waals surface area (Å²) in [6.07, 6.45) is 3.20. The standard InChI is InChI=1S/C13H12FNO3S/c1-15-6-5-10(8-15)13(16)9-19(17,18)12-4-2-3-11(14)7-12/h2-8H,9H2,1H3. The van der Waals surface area contributed by atoms with Gasteiger partial charge in [-0.2, -0.15) is 0 Å². The summed E-state index contributed by atoms with van der Waals surface area (Å²) in [5.41, 5.74) is 0.322. The first-order valence-corrected chi connectivity index (χ1v) is 7.17. The van der Waals surface area contributed by atoms with E-state index in [1.165, 1.54) is 12.1 Å². The van der Waals surface area contributed by atoms with Crippen molar-refractivity contribution in [2.45, 2.75) is 4.90 Å². The zero-order valence-corrected chi connectivity index (χ0v) is 11.0. The number of benzene rings is 1. The Hall–Kier alpha value is -1.95. The molecule has 0 amide bonds. The van der Waals surface area contributed by atoms with Crippen LogP contribution < -0.4 is 0 Å². The molecule has 0 unspecified atom stereocenters. The van der Waals surface area contributed by atoms with Gasteiger partial charge in [0.05, 0.1) is 4.90 Å². The van der Waals surface area contributed by atoms with Gasteiger partial charge in [0, 0.05) is 25.0 Å². The fourth-order valence-electron chi connectivity index (χ4n) is 1.67. The Kier molecular flexibility index (Phi) is 3.53. The number of rotatable bonds is 4. The molecule has 0 atom stereocenters. The average molecular weight is 281 g/mol. The van der Waals surface area contributed by atoms with Gasteiger partial charge < -0.3 is 4.57 Å². The lowest BCUT2D eigenvalue weighted by atomic mass is 10.2. The molecule has 6 heteroatoms. The van der Waals surface area contributed by atoms with Gasteiger partial charge in [-0.05, 0) is 24.3 Å². The third-order valence-corrected chi connectivity index (χ3v) is 4.24. The van der Waals surface area contributed by atoms with Crippen LogP contribution in [0.4, 0.5) is 4.39 Å². The lowest BCUT2D eigenvalue weighted by molar-refractivity contribution is 0.102. The predicted octanol–water partition coefficient (Wildman–Crippen LogP) is 1.82. The van der Waals surface area contributed by atoms with Crippen LogP contribution in [0.1, 0.15) is 10.4 Å². The first-order chi connectivity index (χ1) is 8.88. The van der Waals surface area contributed by atoms with Crippen molar-refractivity contribution in [1.82, 2.24) is 4.57 Å². The van der Waals surface area contributed by atoms with Gasteiger partial charge in [-0.15, -0.1) is 0 Å². The van der Waals surface area contributed by atoms with Crippen molar-refractivity contribution in [3.8, 4) is 0 Å². The summed E-state index contributed by atoms with van der Waals surface area (Å²) < 4.78 is 38.6. The first kappa shape index (κ1) is 13.5. The molecule has 2 rings (SSSR count). The molecule has 0 saturated heterocycles. The molecular weight excluding hydrogens is 269 g/mol. The number of halogens is 1. The van der Waals surface area contributed by atoms with Crippen LogP contribution in [0, 0.1) is 5.82 Å². The highest BCUT2D eigenvalue weighted by Crippen LogP contribution is 2.14. The third-order valence-electron chi connectivity index (χ3n) is 2.63. The van der Waals surface area contributed by atoms with E-state index in [0.717, 1.165) is 12.1 Å². The number of hydrogen-bond acceptors (Lipinski definition) is 3. The smallest absolute Gasteiger partial charge is 0.185 e. The van der Waals surface area contributed by atoms with Crippen LogP contribution in [0.3, 0.4) is 0 Å². The molecule has 19 heavy (non-hydrogen) atoms. The Morgan fingerprint density at radius 1 is 1.32 bits per heavy atom. The number of nitrogens with zero attached hydrogens (tertiary/aromatic N) is 1. The quantitative estimate of drug-likeness (QED) is 0.803. The zero-order chi connectivity index (χ0) is 14.0. The summed E-state index contributed by atoms with van der Waals surface area (Å²) in [5, 5.41) is 0. The first-order valence-electron chi connectivity index (χ1n) is 5.52. The van der Waals surface area contributed by atoms with E-state index in [-0.39, 0.29) is 4.90 Å². The van der Waals surface area contributed by atoms with Gasteiger partial charge in [0.15, 0.2) is 15.6 Å². The van der Waals surface area contributed by atoms with Crippen molar-refractivity contribution in [2.24, 2.45) is 7.05 Å². The molecule has 0 saturated carbocycles. The maximum absolute atomic E-state index is 13.0. The summed E-state index contributed by atoms with van der Waals surface area (Å²) in [7, 11) is -2.09. The lowest BCUT2D eigenvalue weighted by Crippen LogP contribution is -2.16. The van der Waals surface area contributed by atoms with E-state index in [4.69, 9.17) is 0 Å². The fraction of sp³-hybridized carbons (Fsp3) is 0.154. The number of ketones is 1. The molecule has 1 aromatic carbocycles. The second kappa shape index (κ2) is 4.97. The summed E-state index contributed by atoms with van der Waals surface area (Å²) in [5.74, 6) is -1.82. The largest absolute Gasteiger partial charge is 0.357 e. The third kappa shape index (κ3) is 3.08. The van der Waals surface area contributed by atoms with Gasteiger partial charge >= 0.3 is 0 Å². The van der Waals surface area contributed by atoms with E-state index in [9.17, 15) is 17.6 Å². The van der Waals surface area contributed by atoms with Crippen LogP contribution in [0.2, 0.25) is 0 Å². The number of aromatic nitrogens is 1. The fourth-order valence-corrected chi connectivity index (χ4v) is 2.92. The predicted molar refractivity (Wildman–Crippen MR) is 68.2 cm³/mol. The number of hydrogen-bond donors (Lipinski definition) is 0. The Balaban J connectivity index is 2.25. The number of sulfone groups is 1. The van der Waals surface area contributed by atoms with E-state index in [2.05, 4.69) is 0 Å². The van der Waals surface area contributed by atoms with E-state index in [0.29, 0.717) is 5.56 Å². The molecule has 0 N–H and O–H groups in total. The molecule has 0 bridgehead atoms. The highest BCUT2D eigenvalue weighted by Gasteiger charge is 2.21. The Morgan fingerprint density at radius 2 is 2.05 bits per heavy atom. The minimum atomic E-state index is -3.82. The Bertz CT molecular complexity index is 719. The lowest BCUT2D eigenvalue weighted by Gasteiger charge is -2.03. The van der Waals surface area contributed by atoms with Gasteiger partial charge in [0.25, 0.3) is 0 Å². The van der Waals surface area contributed by atoms with E-state index >= 15 is 0 Å². The van der Waals surface area contributed by atoms with Crippen molar-refractivity contribution in [1.29, 1.82) is 0 Å². The highest BCUT2D eigenvalue weighted by atomic mass is 32.2. The van der Waals surface area contributed by atoms with Crippen molar-refractivity contribution in [2.75, 3.05) is 5.75 Å². The summed E-state index contributed by atoms with van der Waals surface area (Å²) in [6, 6.07) is 6.18. The second-order valence-corrected chi connectivity index (χ2v) is 6.19. The highest BCUT2D eigenvalue weighted by molar-refractivity contribution is 7.92. The van der Waals surface area contributed by atoms with Crippen molar-refractivity contribution in [3.63, 3.8) is 0 Å². The second-order valence-electron chi connectivity index (χ2n) is 4.21. The molecule has 0 spiro atoms. The Labute approximate surface area is 110 Å². The van der Waals surface area contributed by atoms with Crippen LogP contribution in [-0.4, -0.2) is 24.5 Å². The molecule has 0 aliphatic heterocycles. The van der Waals surface area contributed by atoms with Crippen LogP contribution >= 0.6 is 0 Å². The van der Waals surface area contributed by atoms with Crippen LogP contribution in [-0.2, 0) is 16.9 Å². The van der Waals surface area contributed by atoms with E-state index in [1.54, 1.807) is 30.1 Å². The van der Waals surface area contributed by atoms with Gasteiger partial charge in [-0.3, -0.25) is 4.79 Å². The molecule has 0 aliphatic rings. The molecule has 2 aromatic rings. The van der Waals surface area contributed by atoms with Crippen LogP contribution in [0.5, 0.6) is 0 Å². The summed E-state index contributed by atoms with van der Waals surface area (Å²) in [4.78, 5) is 11.7. The maximum atomic E-state index is 13.0. The van der Waals surface area contributed by atoms with E-state index < -0.39 is 27.2 Å². The minimum Gasteiger partial charge on any atom is -0.357 e. The summed E-state index contributed by atoms with van der Waals surface area (Å²) >= 11 is 0. The van der Waals surface area contributed by atoms with Gasteiger partial charge in [0.1, 0.15) is 11.6 Å². The minimum absolute atomic E-state index is 0.184. The van der Waals surface area contributed by atoms with Crippen molar-refractivity contribution >= 4 is 15.6 Å². The molecule has 0 radical (unpaired) electrons.